The van der Waals surface area contributed by atoms with Crippen LogP contribution < -0.4 is 11.3 Å². The van der Waals surface area contributed by atoms with Crippen molar-refractivity contribution in [3.63, 3.8) is 0 Å². The van der Waals surface area contributed by atoms with E-state index in [0.29, 0.717) is 0 Å². The molecule has 1 unspecified atom stereocenters. The number of benzene rings is 1. The van der Waals surface area contributed by atoms with Gasteiger partial charge in [-0.2, -0.15) is 0 Å². The molecule has 1 aromatic heterocycles. The van der Waals surface area contributed by atoms with E-state index < -0.39 is 0 Å². The van der Waals surface area contributed by atoms with Crippen LogP contribution in [0.5, 0.6) is 0 Å². The number of hydrogen-bond donors (Lipinski definition) is 2. The predicted molar refractivity (Wildman–Crippen MR) is 77.7 cm³/mol. The van der Waals surface area contributed by atoms with Crippen LogP contribution in [0.1, 0.15) is 30.2 Å². The summed E-state index contributed by atoms with van der Waals surface area (Å²) >= 11 is 0. The van der Waals surface area contributed by atoms with Crippen molar-refractivity contribution in [3.8, 4) is 0 Å². The maximum absolute atomic E-state index is 5.64. The molecule has 0 saturated heterocycles. The van der Waals surface area contributed by atoms with Crippen molar-refractivity contribution in [2.75, 3.05) is 0 Å². The van der Waals surface area contributed by atoms with E-state index in [1.54, 1.807) is 6.26 Å². The number of furan rings is 1. The number of nitrogens with one attached hydrogen (secondary N) is 1. The molecule has 102 valence electrons. The molecule has 0 aliphatic heterocycles. The van der Waals surface area contributed by atoms with Crippen molar-refractivity contribution < 1.29 is 4.42 Å². The Labute approximate surface area is 114 Å². The molecule has 0 fully saturated rings. The maximum Gasteiger partial charge on any atom is 0.103 e. The van der Waals surface area contributed by atoms with E-state index in [9.17, 15) is 0 Å². The van der Waals surface area contributed by atoms with Crippen LogP contribution in [-0.4, -0.2) is 6.04 Å². The highest BCUT2D eigenvalue weighted by Gasteiger charge is 2.09. The molecule has 1 atom stereocenters. The summed E-state index contributed by atoms with van der Waals surface area (Å²) in [6.07, 6.45) is 5.62. The highest BCUT2D eigenvalue weighted by Crippen LogP contribution is 2.11. The van der Waals surface area contributed by atoms with E-state index in [0.717, 1.165) is 31.4 Å². The fourth-order valence-electron chi connectivity index (χ4n) is 2.21. The standard InChI is InChI=1S/C16H22N2O/c1-2-13-5-7-14(8-6-13)12-15(18-17)9-10-16-4-3-11-19-16/h3-8,11,15,18H,2,9-10,12,17H2,1H3. The van der Waals surface area contributed by atoms with Gasteiger partial charge in [-0.15, -0.1) is 0 Å². The predicted octanol–water partition coefficient (Wildman–Crippen LogP) is 2.85. The van der Waals surface area contributed by atoms with Crippen LogP contribution in [0.15, 0.2) is 47.1 Å². The quantitative estimate of drug-likeness (QED) is 0.593. The number of rotatable bonds is 7. The zero-order valence-corrected chi connectivity index (χ0v) is 11.4. The Kier molecular flexibility index (Phi) is 5.19. The summed E-state index contributed by atoms with van der Waals surface area (Å²) in [4.78, 5) is 0. The molecular formula is C16H22N2O. The SMILES string of the molecule is CCc1ccc(CC(CCc2ccco2)NN)cc1. The fourth-order valence-corrected chi connectivity index (χ4v) is 2.21. The molecule has 1 aromatic carbocycles. The second kappa shape index (κ2) is 7.12. The van der Waals surface area contributed by atoms with Crippen LogP contribution in [-0.2, 0) is 19.3 Å². The molecule has 0 aliphatic carbocycles. The minimum atomic E-state index is 0.276. The van der Waals surface area contributed by atoms with Crippen LogP contribution in [0.2, 0.25) is 0 Å². The molecule has 19 heavy (non-hydrogen) atoms. The molecule has 0 aliphatic rings. The molecule has 3 heteroatoms. The molecule has 0 radical (unpaired) electrons. The maximum atomic E-state index is 5.64. The Hall–Kier alpha value is -1.58. The van der Waals surface area contributed by atoms with Gasteiger partial charge in [-0.05, 0) is 42.5 Å². The summed E-state index contributed by atoms with van der Waals surface area (Å²) in [5.74, 6) is 6.65. The van der Waals surface area contributed by atoms with Crippen LogP contribution in [0.4, 0.5) is 0 Å². The van der Waals surface area contributed by atoms with Gasteiger partial charge in [0.25, 0.3) is 0 Å². The molecule has 3 N–H and O–H groups in total. The summed E-state index contributed by atoms with van der Waals surface area (Å²) in [6.45, 7) is 2.17. The number of hydrazine groups is 1. The second-order valence-corrected chi connectivity index (χ2v) is 4.86. The lowest BCUT2D eigenvalue weighted by molar-refractivity contribution is 0.447. The normalized spacial score (nSPS) is 12.5. The van der Waals surface area contributed by atoms with E-state index in [1.807, 2.05) is 12.1 Å². The van der Waals surface area contributed by atoms with E-state index >= 15 is 0 Å². The first kappa shape index (κ1) is 13.8. The monoisotopic (exact) mass is 258 g/mol. The van der Waals surface area contributed by atoms with Crippen molar-refractivity contribution in [2.24, 2.45) is 5.84 Å². The largest absolute Gasteiger partial charge is 0.469 e. The van der Waals surface area contributed by atoms with Gasteiger partial charge in [-0.25, -0.2) is 0 Å². The highest BCUT2D eigenvalue weighted by atomic mass is 16.3. The van der Waals surface area contributed by atoms with Crippen LogP contribution in [0.25, 0.3) is 0 Å². The molecule has 0 spiro atoms. The van der Waals surface area contributed by atoms with E-state index in [2.05, 4.69) is 36.6 Å². The first-order valence-corrected chi connectivity index (χ1v) is 6.88. The van der Waals surface area contributed by atoms with Crippen LogP contribution in [0, 0.1) is 0 Å². The van der Waals surface area contributed by atoms with E-state index in [-0.39, 0.29) is 6.04 Å². The average Bonchev–Trinajstić information content (AvgIpc) is 2.97. The van der Waals surface area contributed by atoms with Crippen LogP contribution >= 0.6 is 0 Å². The Bertz CT molecular complexity index is 462. The topological polar surface area (TPSA) is 51.2 Å². The molecule has 3 nitrogen and oxygen atoms in total. The molecule has 1 heterocycles. The number of hydrogen-bond acceptors (Lipinski definition) is 3. The van der Waals surface area contributed by atoms with Crippen molar-refractivity contribution in [3.05, 3.63) is 59.5 Å². The Morgan fingerprint density at radius 1 is 1.16 bits per heavy atom. The smallest absolute Gasteiger partial charge is 0.103 e. The molecule has 2 rings (SSSR count). The summed E-state index contributed by atoms with van der Waals surface area (Å²) in [5, 5.41) is 0. The van der Waals surface area contributed by atoms with Crippen molar-refractivity contribution in [1.29, 1.82) is 0 Å². The average molecular weight is 258 g/mol. The molecule has 0 amide bonds. The summed E-state index contributed by atoms with van der Waals surface area (Å²) in [6, 6.07) is 13.0. The molecule has 2 aromatic rings. The van der Waals surface area contributed by atoms with Gasteiger partial charge in [0, 0.05) is 12.5 Å². The number of nitrogens with two attached hydrogens (primary N) is 1. The van der Waals surface area contributed by atoms with Gasteiger partial charge >= 0.3 is 0 Å². The minimum Gasteiger partial charge on any atom is -0.469 e. The Balaban J connectivity index is 1.87. The van der Waals surface area contributed by atoms with Crippen LogP contribution in [0.3, 0.4) is 0 Å². The second-order valence-electron chi connectivity index (χ2n) is 4.86. The lowest BCUT2D eigenvalue weighted by atomic mass is 10.0. The Morgan fingerprint density at radius 2 is 1.89 bits per heavy atom. The Morgan fingerprint density at radius 3 is 2.47 bits per heavy atom. The van der Waals surface area contributed by atoms with Gasteiger partial charge in [0.15, 0.2) is 0 Å². The van der Waals surface area contributed by atoms with Gasteiger partial charge in [0.1, 0.15) is 5.76 Å². The fraction of sp³-hybridized carbons (Fsp3) is 0.375. The van der Waals surface area contributed by atoms with Gasteiger partial charge in [0.2, 0.25) is 0 Å². The third-order valence-electron chi connectivity index (χ3n) is 3.47. The number of aryl methyl sites for hydroxylation is 2. The van der Waals surface area contributed by atoms with Crippen molar-refractivity contribution in [1.82, 2.24) is 5.43 Å². The van der Waals surface area contributed by atoms with Gasteiger partial charge < -0.3 is 4.42 Å². The first-order chi connectivity index (χ1) is 9.31. The van der Waals surface area contributed by atoms with Gasteiger partial charge in [-0.1, -0.05) is 31.2 Å². The zero-order chi connectivity index (χ0) is 13.5. The lowest BCUT2D eigenvalue weighted by Gasteiger charge is -2.15. The highest BCUT2D eigenvalue weighted by molar-refractivity contribution is 5.23. The third-order valence-corrected chi connectivity index (χ3v) is 3.47. The van der Waals surface area contributed by atoms with Crippen molar-refractivity contribution in [2.45, 2.75) is 38.6 Å². The molecule has 0 bridgehead atoms. The molecule has 0 saturated carbocycles. The summed E-state index contributed by atoms with van der Waals surface area (Å²) in [7, 11) is 0. The van der Waals surface area contributed by atoms with Gasteiger partial charge in [0.05, 0.1) is 6.26 Å². The van der Waals surface area contributed by atoms with E-state index in [4.69, 9.17) is 10.3 Å². The van der Waals surface area contributed by atoms with Gasteiger partial charge in [-0.3, -0.25) is 11.3 Å². The summed E-state index contributed by atoms with van der Waals surface area (Å²) in [5.41, 5.74) is 5.59. The minimum absolute atomic E-state index is 0.276. The lowest BCUT2D eigenvalue weighted by Crippen LogP contribution is -2.37. The molecular weight excluding hydrogens is 236 g/mol. The zero-order valence-electron chi connectivity index (χ0n) is 11.4. The van der Waals surface area contributed by atoms with Crippen molar-refractivity contribution >= 4 is 0 Å². The van der Waals surface area contributed by atoms with E-state index in [1.165, 1.54) is 11.1 Å². The summed E-state index contributed by atoms with van der Waals surface area (Å²) < 4.78 is 5.34. The first-order valence-electron chi connectivity index (χ1n) is 6.88. The third kappa shape index (κ3) is 4.23.